The zero-order chi connectivity index (χ0) is 12.9. The van der Waals surface area contributed by atoms with E-state index in [2.05, 4.69) is 15.4 Å². The van der Waals surface area contributed by atoms with Crippen molar-refractivity contribution in [2.24, 2.45) is 0 Å². The molecule has 6 nitrogen and oxygen atoms in total. The Bertz CT molecular complexity index is 367. The van der Waals surface area contributed by atoms with Gasteiger partial charge in [-0.3, -0.25) is 4.79 Å². The molecule has 1 atom stereocenters. The predicted molar refractivity (Wildman–Crippen MR) is 73.4 cm³/mol. The predicted octanol–water partition coefficient (Wildman–Crippen LogP) is -0.394. The maximum atomic E-state index is 12.0. The lowest BCUT2D eigenvalue weighted by Gasteiger charge is -2.26. The first-order chi connectivity index (χ1) is 7.90. The summed E-state index contributed by atoms with van der Waals surface area (Å²) in [6.07, 6.45) is 3.69. The van der Waals surface area contributed by atoms with E-state index in [9.17, 15) is 13.2 Å². The quantitative estimate of drug-likeness (QED) is 0.583. The van der Waals surface area contributed by atoms with Gasteiger partial charge in [0.15, 0.2) is 0 Å². The molecule has 1 fully saturated rings. The summed E-state index contributed by atoms with van der Waals surface area (Å²) < 4.78 is 24.0. The fourth-order valence-corrected chi connectivity index (χ4v) is 2.52. The fourth-order valence-electron chi connectivity index (χ4n) is 2.04. The number of hydrogen-bond acceptors (Lipinski definition) is 4. The third-order valence-electron chi connectivity index (χ3n) is 3.06. The maximum Gasteiger partial charge on any atom is 0.240 e. The number of rotatable bonds is 6. The number of sulfonamides is 1. The van der Waals surface area contributed by atoms with E-state index in [1.54, 1.807) is 0 Å². The average Bonchev–Trinajstić information content (AvgIpc) is 2.72. The van der Waals surface area contributed by atoms with E-state index in [0.29, 0.717) is 6.54 Å². The van der Waals surface area contributed by atoms with Crippen LogP contribution in [0.2, 0.25) is 0 Å². The molecule has 0 aromatic carbocycles. The van der Waals surface area contributed by atoms with Crippen molar-refractivity contribution in [3.05, 3.63) is 0 Å². The summed E-state index contributed by atoms with van der Waals surface area (Å²) in [5.74, 6) is -0.0344. The van der Waals surface area contributed by atoms with E-state index >= 15 is 0 Å². The van der Waals surface area contributed by atoms with Crippen LogP contribution in [-0.4, -0.2) is 45.8 Å². The molecule has 1 aliphatic rings. The van der Waals surface area contributed by atoms with E-state index in [4.69, 9.17) is 0 Å². The Hall–Kier alpha value is -0.370. The highest BCUT2D eigenvalue weighted by atomic mass is 35.5. The molecule has 1 unspecified atom stereocenters. The lowest BCUT2D eigenvalue weighted by atomic mass is 9.93. The zero-order valence-corrected chi connectivity index (χ0v) is 12.4. The van der Waals surface area contributed by atoms with Crippen LogP contribution in [0.3, 0.4) is 0 Å². The Balaban J connectivity index is 0.00000289. The van der Waals surface area contributed by atoms with E-state index in [1.165, 1.54) is 0 Å². The summed E-state index contributed by atoms with van der Waals surface area (Å²) >= 11 is 0. The molecule has 3 N–H and O–H groups in total. The Morgan fingerprint density at radius 1 is 1.39 bits per heavy atom. The van der Waals surface area contributed by atoms with Crippen LogP contribution in [0.15, 0.2) is 0 Å². The number of hydrogen-bond donors (Lipinski definition) is 3. The second-order valence-corrected chi connectivity index (χ2v) is 6.22. The van der Waals surface area contributed by atoms with E-state index in [1.807, 2.05) is 6.92 Å². The first-order valence-electron chi connectivity index (χ1n) is 5.87. The smallest absolute Gasteiger partial charge is 0.240 e. The molecule has 1 heterocycles. The molecule has 1 amide bonds. The second-order valence-electron chi connectivity index (χ2n) is 4.39. The minimum absolute atomic E-state index is 0. The van der Waals surface area contributed by atoms with Gasteiger partial charge in [-0.1, -0.05) is 6.92 Å². The molecule has 1 rings (SSSR count). The third-order valence-corrected chi connectivity index (χ3v) is 3.79. The van der Waals surface area contributed by atoms with E-state index < -0.39 is 15.6 Å². The van der Waals surface area contributed by atoms with Gasteiger partial charge in [0.1, 0.15) is 0 Å². The molecule has 0 aliphatic carbocycles. The molecule has 0 bridgehead atoms. The van der Waals surface area contributed by atoms with Gasteiger partial charge in [-0.15, -0.1) is 12.4 Å². The molecule has 0 aromatic rings. The van der Waals surface area contributed by atoms with Crippen LogP contribution in [-0.2, 0) is 14.8 Å². The SMILES string of the molecule is CCC1(C(=O)NCCNS(C)(=O)=O)CCCN1.Cl. The molecule has 0 saturated carbocycles. The molecule has 0 aromatic heterocycles. The molecule has 1 saturated heterocycles. The van der Waals surface area contributed by atoms with Gasteiger partial charge < -0.3 is 10.6 Å². The molecule has 1 aliphatic heterocycles. The zero-order valence-electron chi connectivity index (χ0n) is 10.8. The van der Waals surface area contributed by atoms with Crippen LogP contribution in [0.4, 0.5) is 0 Å². The third kappa shape index (κ3) is 5.09. The van der Waals surface area contributed by atoms with Gasteiger partial charge in [0, 0.05) is 13.1 Å². The monoisotopic (exact) mass is 299 g/mol. The summed E-state index contributed by atoms with van der Waals surface area (Å²) in [5, 5.41) is 5.99. The van der Waals surface area contributed by atoms with Gasteiger partial charge in [0.2, 0.25) is 15.9 Å². The standard InChI is InChI=1S/C10H21N3O3S.ClH/c1-3-10(5-4-6-12-10)9(14)11-7-8-13-17(2,15)16;/h12-13H,3-8H2,1-2H3,(H,11,14);1H. The summed E-state index contributed by atoms with van der Waals surface area (Å²) in [5.41, 5.74) is -0.453. The Morgan fingerprint density at radius 3 is 2.50 bits per heavy atom. The molecule has 0 spiro atoms. The van der Waals surface area contributed by atoms with Crippen molar-refractivity contribution in [3.63, 3.8) is 0 Å². The minimum atomic E-state index is -3.18. The average molecular weight is 300 g/mol. The van der Waals surface area contributed by atoms with Crippen LogP contribution in [0.5, 0.6) is 0 Å². The highest BCUT2D eigenvalue weighted by Gasteiger charge is 2.38. The van der Waals surface area contributed by atoms with Crippen LogP contribution >= 0.6 is 12.4 Å². The Labute approximate surface area is 115 Å². The van der Waals surface area contributed by atoms with Gasteiger partial charge in [0.05, 0.1) is 11.8 Å². The van der Waals surface area contributed by atoms with Crippen molar-refractivity contribution in [2.75, 3.05) is 25.9 Å². The molecule has 108 valence electrons. The van der Waals surface area contributed by atoms with Crippen molar-refractivity contribution >= 4 is 28.3 Å². The van der Waals surface area contributed by atoms with Crippen molar-refractivity contribution in [1.29, 1.82) is 0 Å². The first-order valence-corrected chi connectivity index (χ1v) is 7.77. The summed E-state index contributed by atoms with van der Waals surface area (Å²) in [7, 11) is -3.18. The fraction of sp³-hybridized carbons (Fsp3) is 0.900. The van der Waals surface area contributed by atoms with Crippen molar-refractivity contribution in [3.8, 4) is 0 Å². The Morgan fingerprint density at radius 2 is 2.06 bits per heavy atom. The van der Waals surface area contributed by atoms with Gasteiger partial charge in [-0.05, 0) is 25.8 Å². The van der Waals surface area contributed by atoms with Crippen LogP contribution < -0.4 is 15.4 Å². The lowest BCUT2D eigenvalue weighted by molar-refractivity contribution is -0.127. The summed E-state index contributed by atoms with van der Waals surface area (Å²) in [6, 6.07) is 0. The number of nitrogens with one attached hydrogen (secondary N) is 3. The van der Waals surface area contributed by atoms with Crippen molar-refractivity contribution < 1.29 is 13.2 Å². The number of carbonyl (C=O) groups excluding carboxylic acids is 1. The van der Waals surface area contributed by atoms with Crippen LogP contribution in [0, 0.1) is 0 Å². The summed E-state index contributed by atoms with van der Waals surface area (Å²) in [6.45, 7) is 3.38. The lowest BCUT2D eigenvalue weighted by Crippen LogP contribution is -2.54. The topological polar surface area (TPSA) is 87.3 Å². The summed E-state index contributed by atoms with van der Waals surface area (Å²) in [4.78, 5) is 12.0. The molecule has 18 heavy (non-hydrogen) atoms. The van der Waals surface area contributed by atoms with Crippen molar-refractivity contribution in [2.45, 2.75) is 31.7 Å². The number of amides is 1. The second kappa shape index (κ2) is 7.28. The van der Waals surface area contributed by atoms with Crippen molar-refractivity contribution in [1.82, 2.24) is 15.4 Å². The Kier molecular flexibility index (Phi) is 7.13. The molecule has 0 radical (unpaired) electrons. The number of halogens is 1. The van der Waals surface area contributed by atoms with Gasteiger partial charge in [0.25, 0.3) is 0 Å². The van der Waals surface area contributed by atoms with Gasteiger partial charge >= 0.3 is 0 Å². The van der Waals surface area contributed by atoms with Crippen LogP contribution in [0.25, 0.3) is 0 Å². The van der Waals surface area contributed by atoms with E-state index in [-0.39, 0.29) is 24.9 Å². The van der Waals surface area contributed by atoms with Gasteiger partial charge in [-0.2, -0.15) is 0 Å². The molecular weight excluding hydrogens is 278 g/mol. The van der Waals surface area contributed by atoms with E-state index in [0.717, 1.165) is 32.1 Å². The van der Waals surface area contributed by atoms with Gasteiger partial charge in [-0.25, -0.2) is 13.1 Å². The molecular formula is C10H22ClN3O3S. The molecule has 8 heteroatoms. The number of carbonyl (C=O) groups is 1. The largest absolute Gasteiger partial charge is 0.353 e. The maximum absolute atomic E-state index is 12.0. The van der Waals surface area contributed by atoms with Crippen LogP contribution in [0.1, 0.15) is 26.2 Å². The first kappa shape index (κ1) is 17.6. The normalized spacial score (nSPS) is 23.4. The highest BCUT2D eigenvalue weighted by molar-refractivity contribution is 7.88. The highest BCUT2D eigenvalue weighted by Crippen LogP contribution is 2.22. The minimum Gasteiger partial charge on any atom is -0.353 e.